The smallest absolute Gasteiger partial charge is 0.117 e. The van der Waals surface area contributed by atoms with Crippen molar-refractivity contribution in [3.8, 4) is 0 Å². The van der Waals surface area contributed by atoms with Gasteiger partial charge in [0.1, 0.15) is 5.76 Å². The van der Waals surface area contributed by atoms with Gasteiger partial charge in [-0.3, -0.25) is 4.90 Å². The van der Waals surface area contributed by atoms with Gasteiger partial charge in [0.2, 0.25) is 0 Å². The summed E-state index contributed by atoms with van der Waals surface area (Å²) >= 11 is 1.98. The second kappa shape index (κ2) is 6.14. The molecule has 0 fully saturated rings. The minimum atomic E-state index is 0.602. The van der Waals surface area contributed by atoms with Gasteiger partial charge in [0.25, 0.3) is 0 Å². The van der Waals surface area contributed by atoms with Crippen molar-refractivity contribution in [2.75, 3.05) is 18.6 Å². The van der Waals surface area contributed by atoms with Crippen LogP contribution in [0.5, 0.6) is 0 Å². The molecule has 0 aliphatic heterocycles. The Hall–Kier alpha value is -0.410. The fourth-order valence-corrected chi connectivity index (χ4v) is 2.05. The summed E-state index contributed by atoms with van der Waals surface area (Å²) in [5, 5.41) is 0. The summed E-state index contributed by atoms with van der Waals surface area (Å²) in [6.45, 7) is 5.36. The van der Waals surface area contributed by atoms with Crippen LogP contribution >= 0.6 is 11.8 Å². The van der Waals surface area contributed by atoms with Crippen molar-refractivity contribution in [3.63, 3.8) is 0 Å². The second-order valence-corrected chi connectivity index (χ2v) is 4.82. The summed E-state index contributed by atoms with van der Waals surface area (Å²) in [5.41, 5.74) is 0. The van der Waals surface area contributed by atoms with Crippen LogP contribution in [0, 0.1) is 0 Å². The van der Waals surface area contributed by atoms with Crippen molar-refractivity contribution in [2.24, 2.45) is 0 Å². The first-order chi connectivity index (χ1) is 6.74. The van der Waals surface area contributed by atoms with Crippen LogP contribution in [0.1, 0.15) is 19.6 Å². The number of hydrogen-bond acceptors (Lipinski definition) is 3. The standard InChI is InChI=1S/C11H19NOS/c1-4-14-9-10(2)12(3)8-11-6-5-7-13-11/h5-7,10H,4,8-9H2,1-3H3. The molecule has 80 valence electrons. The lowest BCUT2D eigenvalue weighted by Gasteiger charge is -2.23. The third-order valence-corrected chi connectivity index (χ3v) is 3.43. The molecule has 0 aliphatic carbocycles. The van der Waals surface area contributed by atoms with Gasteiger partial charge in [-0.2, -0.15) is 11.8 Å². The Morgan fingerprint density at radius 3 is 2.93 bits per heavy atom. The Balaban J connectivity index is 2.30. The van der Waals surface area contributed by atoms with Crippen molar-refractivity contribution >= 4 is 11.8 Å². The second-order valence-electron chi connectivity index (χ2n) is 3.50. The van der Waals surface area contributed by atoms with Crippen LogP contribution in [-0.2, 0) is 6.54 Å². The zero-order chi connectivity index (χ0) is 10.4. The predicted molar refractivity (Wildman–Crippen MR) is 62.6 cm³/mol. The summed E-state index contributed by atoms with van der Waals surface area (Å²) < 4.78 is 5.31. The maximum atomic E-state index is 5.31. The molecule has 14 heavy (non-hydrogen) atoms. The first kappa shape index (κ1) is 11.7. The topological polar surface area (TPSA) is 16.4 Å². The highest BCUT2D eigenvalue weighted by Gasteiger charge is 2.10. The summed E-state index contributed by atoms with van der Waals surface area (Å²) in [5.74, 6) is 3.42. The Morgan fingerprint density at radius 2 is 2.36 bits per heavy atom. The van der Waals surface area contributed by atoms with E-state index in [0.717, 1.165) is 12.3 Å². The van der Waals surface area contributed by atoms with E-state index < -0.39 is 0 Å². The first-order valence-electron chi connectivity index (χ1n) is 5.04. The van der Waals surface area contributed by atoms with Gasteiger partial charge < -0.3 is 4.42 Å². The number of rotatable bonds is 6. The predicted octanol–water partition coefficient (Wildman–Crippen LogP) is 2.85. The highest BCUT2D eigenvalue weighted by molar-refractivity contribution is 7.99. The molecule has 0 amide bonds. The SMILES string of the molecule is CCSCC(C)N(C)Cc1ccco1. The first-order valence-corrected chi connectivity index (χ1v) is 6.20. The van der Waals surface area contributed by atoms with E-state index in [1.807, 2.05) is 23.9 Å². The Labute approximate surface area is 90.7 Å². The minimum Gasteiger partial charge on any atom is -0.468 e. The van der Waals surface area contributed by atoms with Crippen LogP contribution in [0.25, 0.3) is 0 Å². The molecule has 0 spiro atoms. The molecule has 3 heteroatoms. The number of hydrogen-bond donors (Lipinski definition) is 0. The largest absolute Gasteiger partial charge is 0.468 e. The molecule has 0 bridgehead atoms. The van der Waals surface area contributed by atoms with Gasteiger partial charge in [-0.15, -0.1) is 0 Å². The third kappa shape index (κ3) is 3.76. The van der Waals surface area contributed by atoms with E-state index in [4.69, 9.17) is 4.42 Å². The van der Waals surface area contributed by atoms with Crippen molar-refractivity contribution in [1.29, 1.82) is 0 Å². The van der Waals surface area contributed by atoms with Crippen molar-refractivity contribution in [2.45, 2.75) is 26.4 Å². The van der Waals surface area contributed by atoms with Crippen LogP contribution in [0.15, 0.2) is 22.8 Å². The van der Waals surface area contributed by atoms with Crippen LogP contribution in [0.3, 0.4) is 0 Å². The Kier molecular flexibility index (Phi) is 5.12. The molecule has 2 nitrogen and oxygen atoms in total. The molecule has 0 radical (unpaired) electrons. The van der Waals surface area contributed by atoms with Crippen molar-refractivity contribution < 1.29 is 4.42 Å². The summed E-state index contributed by atoms with van der Waals surface area (Å²) in [7, 11) is 2.14. The molecule has 1 aromatic heterocycles. The molecule has 0 aromatic carbocycles. The molecule has 0 aliphatic rings. The average molecular weight is 213 g/mol. The summed E-state index contributed by atoms with van der Waals surface area (Å²) in [6.07, 6.45) is 1.73. The van der Waals surface area contributed by atoms with Crippen molar-refractivity contribution in [3.05, 3.63) is 24.2 Å². The maximum Gasteiger partial charge on any atom is 0.117 e. The van der Waals surface area contributed by atoms with Gasteiger partial charge in [-0.25, -0.2) is 0 Å². The van der Waals surface area contributed by atoms with Gasteiger partial charge in [0.05, 0.1) is 12.8 Å². The van der Waals surface area contributed by atoms with E-state index >= 15 is 0 Å². The Morgan fingerprint density at radius 1 is 1.57 bits per heavy atom. The van der Waals surface area contributed by atoms with Gasteiger partial charge >= 0.3 is 0 Å². The molecule has 1 unspecified atom stereocenters. The number of thioether (sulfide) groups is 1. The van der Waals surface area contributed by atoms with Crippen LogP contribution < -0.4 is 0 Å². The lowest BCUT2D eigenvalue weighted by molar-refractivity contribution is 0.247. The molecular formula is C11H19NOS. The van der Waals surface area contributed by atoms with Gasteiger partial charge in [-0.05, 0) is 31.9 Å². The van der Waals surface area contributed by atoms with E-state index in [0.29, 0.717) is 6.04 Å². The van der Waals surface area contributed by atoms with E-state index in [1.165, 1.54) is 11.5 Å². The quantitative estimate of drug-likeness (QED) is 0.723. The van der Waals surface area contributed by atoms with Gasteiger partial charge in [0.15, 0.2) is 0 Å². The summed E-state index contributed by atoms with van der Waals surface area (Å²) in [4.78, 5) is 2.32. The fourth-order valence-electron chi connectivity index (χ4n) is 1.22. The average Bonchev–Trinajstić information content (AvgIpc) is 2.66. The maximum absolute atomic E-state index is 5.31. The van der Waals surface area contributed by atoms with E-state index in [1.54, 1.807) is 6.26 Å². The normalized spacial score (nSPS) is 13.4. The molecule has 0 saturated heterocycles. The number of nitrogens with zero attached hydrogens (tertiary/aromatic N) is 1. The molecule has 1 rings (SSSR count). The van der Waals surface area contributed by atoms with Crippen LogP contribution in [-0.4, -0.2) is 29.5 Å². The van der Waals surface area contributed by atoms with Gasteiger partial charge in [0, 0.05) is 11.8 Å². The molecule has 1 aromatic rings. The molecule has 0 N–H and O–H groups in total. The number of furan rings is 1. The van der Waals surface area contributed by atoms with Crippen molar-refractivity contribution in [1.82, 2.24) is 4.90 Å². The third-order valence-electron chi connectivity index (χ3n) is 2.30. The monoisotopic (exact) mass is 213 g/mol. The molecule has 1 atom stereocenters. The summed E-state index contributed by atoms with van der Waals surface area (Å²) in [6, 6.07) is 4.57. The van der Waals surface area contributed by atoms with Crippen LogP contribution in [0.4, 0.5) is 0 Å². The molecular weight excluding hydrogens is 194 g/mol. The van der Waals surface area contributed by atoms with Gasteiger partial charge in [-0.1, -0.05) is 6.92 Å². The lowest BCUT2D eigenvalue weighted by Crippen LogP contribution is -2.30. The zero-order valence-electron chi connectivity index (χ0n) is 9.19. The van der Waals surface area contributed by atoms with E-state index in [9.17, 15) is 0 Å². The van der Waals surface area contributed by atoms with E-state index in [-0.39, 0.29) is 0 Å². The minimum absolute atomic E-state index is 0.602. The van der Waals surface area contributed by atoms with Crippen LogP contribution in [0.2, 0.25) is 0 Å². The zero-order valence-corrected chi connectivity index (χ0v) is 10.0. The highest BCUT2D eigenvalue weighted by atomic mass is 32.2. The lowest BCUT2D eigenvalue weighted by atomic mass is 10.3. The fraction of sp³-hybridized carbons (Fsp3) is 0.636. The van der Waals surface area contributed by atoms with E-state index in [2.05, 4.69) is 25.8 Å². The molecule has 0 saturated carbocycles. The highest BCUT2D eigenvalue weighted by Crippen LogP contribution is 2.10. The Bertz CT molecular complexity index is 235. The molecule has 1 heterocycles.